The minimum Gasteiger partial charge on any atom is -0.355 e. The number of carbonyl (C=O) groups excluding carboxylic acids is 2. The summed E-state index contributed by atoms with van der Waals surface area (Å²) in [6.07, 6.45) is 3.65. The van der Waals surface area contributed by atoms with E-state index < -0.39 is 0 Å². The summed E-state index contributed by atoms with van der Waals surface area (Å²) >= 11 is 0. The number of hydrogen-bond acceptors (Lipinski definition) is 3. The van der Waals surface area contributed by atoms with Gasteiger partial charge in [-0.3, -0.25) is 4.79 Å². The predicted octanol–water partition coefficient (Wildman–Crippen LogP) is 2.53. The standard InChI is InChI=1S/C18H25N5O2/c1-12(2)11-23-8-7-20-16(23)10-21-18(25)22-15-6-5-14(9-13(15)3)17(24)19-4/h5-9,12H,10-11H2,1-4H3,(H,19,24)(H2,21,22,25). The fraction of sp³-hybridized carbons (Fsp3) is 0.389. The molecule has 7 nitrogen and oxygen atoms in total. The first-order valence-electron chi connectivity index (χ1n) is 8.28. The molecule has 0 spiro atoms. The summed E-state index contributed by atoms with van der Waals surface area (Å²) in [4.78, 5) is 28.0. The fourth-order valence-electron chi connectivity index (χ4n) is 2.48. The molecule has 0 aliphatic carbocycles. The molecule has 0 saturated carbocycles. The molecule has 0 unspecified atom stereocenters. The smallest absolute Gasteiger partial charge is 0.319 e. The van der Waals surface area contributed by atoms with Gasteiger partial charge in [-0.05, 0) is 36.6 Å². The van der Waals surface area contributed by atoms with Gasteiger partial charge in [-0.25, -0.2) is 9.78 Å². The first kappa shape index (κ1) is 18.5. The third-order valence-corrected chi connectivity index (χ3v) is 3.73. The summed E-state index contributed by atoms with van der Waals surface area (Å²) in [7, 11) is 1.58. The van der Waals surface area contributed by atoms with E-state index in [1.807, 2.05) is 17.7 Å². The number of imidazole rings is 1. The topological polar surface area (TPSA) is 88.1 Å². The molecule has 0 fully saturated rings. The normalized spacial score (nSPS) is 10.6. The molecule has 134 valence electrons. The molecular weight excluding hydrogens is 318 g/mol. The molecule has 25 heavy (non-hydrogen) atoms. The van der Waals surface area contributed by atoms with Gasteiger partial charge in [0.25, 0.3) is 5.91 Å². The molecule has 3 N–H and O–H groups in total. The van der Waals surface area contributed by atoms with Crippen molar-refractivity contribution in [3.8, 4) is 0 Å². The summed E-state index contributed by atoms with van der Waals surface area (Å²) in [5, 5.41) is 8.18. The number of nitrogens with one attached hydrogen (secondary N) is 3. The van der Waals surface area contributed by atoms with E-state index in [1.54, 1.807) is 31.4 Å². The van der Waals surface area contributed by atoms with Crippen LogP contribution in [0.15, 0.2) is 30.6 Å². The average molecular weight is 343 g/mol. The third kappa shape index (κ3) is 5.07. The minimum atomic E-state index is -0.310. The summed E-state index contributed by atoms with van der Waals surface area (Å²) < 4.78 is 2.04. The van der Waals surface area contributed by atoms with E-state index in [-0.39, 0.29) is 11.9 Å². The Hall–Kier alpha value is -2.83. The average Bonchev–Trinajstić information content (AvgIpc) is 3.00. The highest BCUT2D eigenvalue weighted by Gasteiger charge is 2.10. The summed E-state index contributed by atoms with van der Waals surface area (Å²) in [5.41, 5.74) is 2.04. The first-order valence-corrected chi connectivity index (χ1v) is 8.28. The van der Waals surface area contributed by atoms with Crippen LogP contribution < -0.4 is 16.0 Å². The molecule has 0 aliphatic rings. The van der Waals surface area contributed by atoms with Crippen molar-refractivity contribution in [2.45, 2.75) is 33.9 Å². The van der Waals surface area contributed by atoms with Crippen molar-refractivity contribution in [2.24, 2.45) is 5.92 Å². The van der Waals surface area contributed by atoms with E-state index in [0.29, 0.717) is 23.7 Å². The van der Waals surface area contributed by atoms with Crippen LogP contribution in [0.3, 0.4) is 0 Å². The fourth-order valence-corrected chi connectivity index (χ4v) is 2.48. The Kier molecular flexibility index (Phi) is 6.16. The Balaban J connectivity index is 1.95. The van der Waals surface area contributed by atoms with Crippen LogP contribution in [0, 0.1) is 12.8 Å². The van der Waals surface area contributed by atoms with Gasteiger partial charge in [0.2, 0.25) is 0 Å². The summed E-state index contributed by atoms with van der Waals surface area (Å²) in [6, 6.07) is 4.83. The second-order valence-corrected chi connectivity index (χ2v) is 6.31. The van der Waals surface area contributed by atoms with Gasteiger partial charge in [0.15, 0.2) is 0 Å². The van der Waals surface area contributed by atoms with Gasteiger partial charge in [0.05, 0.1) is 6.54 Å². The van der Waals surface area contributed by atoms with Gasteiger partial charge in [-0.2, -0.15) is 0 Å². The van der Waals surface area contributed by atoms with Gasteiger partial charge < -0.3 is 20.5 Å². The Labute approximate surface area is 147 Å². The second-order valence-electron chi connectivity index (χ2n) is 6.31. The van der Waals surface area contributed by atoms with E-state index >= 15 is 0 Å². The summed E-state index contributed by atoms with van der Waals surface area (Å²) in [5.74, 6) is 1.16. The highest BCUT2D eigenvalue weighted by atomic mass is 16.2. The van der Waals surface area contributed by atoms with Crippen molar-refractivity contribution in [2.75, 3.05) is 12.4 Å². The Morgan fingerprint density at radius 1 is 1.28 bits per heavy atom. The number of nitrogens with zero attached hydrogens (tertiary/aromatic N) is 2. The zero-order valence-electron chi connectivity index (χ0n) is 15.1. The highest BCUT2D eigenvalue weighted by molar-refractivity contribution is 5.96. The zero-order valence-corrected chi connectivity index (χ0v) is 15.1. The lowest BCUT2D eigenvalue weighted by Gasteiger charge is -2.13. The lowest BCUT2D eigenvalue weighted by atomic mass is 10.1. The third-order valence-electron chi connectivity index (χ3n) is 3.73. The maximum absolute atomic E-state index is 12.1. The number of urea groups is 1. The first-order chi connectivity index (χ1) is 11.9. The number of aryl methyl sites for hydroxylation is 1. The van der Waals surface area contributed by atoms with E-state index in [2.05, 4.69) is 34.8 Å². The molecule has 0 saturated heterocycles. The van der Waals surface area contributed by atoms with Gasteiger partial charge in [-0.1, -0.05) is 13.8 Å². The number of benzene rings is 1. The van der Waals surface area contributed by atoms with Crippen molar-refractivity contribution in [1.82, 2.24) is 20.2 Å². The minimum absolute atomic E-state index is 0.156. The van der Waals surface area contributed by atoms with Crippen LogP contribution in [0.5, 0.6) is 0 Å². The van der Waals surface area contributed by atoms with Crippen LogP contribution in [0.2, 0.25) is 0 Å². The maximum Gasteiger partial charge on any atom is 0.319 e. The zero-order chi connectivity index (χ0) is 18.4. The van der Waals surface area contributed by atoms with Crippen molar-refractivity contribution >= 4 is 17.6 Å². The molecule has 1 heterocycles. The maximum atomic E-state index is 12.1. The number of carbonyl (C=O) groups is 2. The van der Waals surface area contributed by atoms with Crippen molar-refractivity contribution in [3.63, 3.8) is 0 Å². The van der Waals surface area contributed by atoms with Crippen LogP contribution >= 0.6 is 0 Å². The quantitative estimate of drug-likeness (QED) is 0.753. The molecule has 0 atom stereocenters. The number of rotatable bonds is 6. The molecule has 7 heteroatoms. The Morgan fingerprint density at radius 2 is 2.04 bits per heavy atom. The van der Waals surface area contributed by atoms with Crippen LogP contribution in [0.25, 0.3) is 0 Å². The van der Waals surface area contributed by atoms with Crippen molar-refractivity contribution < 1.29 is 9.59 Å². The van der Waals surface area contributed by atoms with E-state index in [4.69, 9.17) is 0 Å². The van der Waals surface area contributed by atoms with Gasteiger partial charge in [-0.15, -0.1) is 0 Å². The molecule has 1 aromatic carbocycles. The number of aromatic nitrogens is 2. The molecule has 3 amide bonds. The molecule has 2 rings (SSSR count). The van der Waals surface area contributed by atoms with Gasteiger partial charge in [0, 0.05) is 37.2 Å². The molecule has 2 aromatic rings. The molecule has 1 aromatic heterocycles. The molecule has 0 radical (unpaired) electrons. The summed E-state index contributed by atoms with van der Waals surface area (Å²) in [6.45, 7) is 7.32. The lowest BCUT2D eigenvalue weighted by molar-refractivity contribution is 0.0963. The monoisotopic (exact) mass is 343 g/mol. The molecule has 0 bridgehead atoms. The highest BCUT2D eigenvalue weighted by Crippen LogP contribution is 2.16. The molecule has 0 aliphatic heterocycles. The number of amides is 3. The Morgan fingerprint density at radius 3 is 2.68 bits per heavy atom. The van der Waals surface area contributed by atoms with Gasteiger partial charge in [0.1, 0.15) is 5.82 Å². The van der Waals surface area contributed by atoms with Gasteiger partial charge >= 0.3 is 6.03 Å². The van der Waals surface area contributed by atoms with E-state index in [9.17, 15) is 9.59 Å². The van der Waals surface area contributed by atoms with Crippen LogP contribution in [0.4, 0.5) is 10.5 Å². The largest absolute Gasteiger partial charge is 0.355 e. The predicted molar refractivity (Wildman–Crippen MR) is 97.5 cm³/mol. The van der Waals surface area contributed by atoms with Crippen molar-refractivity contribution in [3.05, 3.63) is 47.5 Å². The lowest BCUT2D eigenvalue weighted by Crippen LogP contribution is -2.30. The number of hydrogen-bond donors (Lipinski definition) is 3. The Bertz CT molecular complexity index is 752. The van der Waals surface area contributed by atoms with E-state index in [0.717, 1.165) is 17.9 Å². The van der Waals surface area contributed by atoms with Crippen LogP contribution in [-0.2, 0) is 13.1 Å². The molecular formula is C18H25N5O2. The van der Waals surface area contributed by atoms with Crippen LogP contribution in [0.1, 0.15) is 35.6 Å². The number of anilines is 1. The van der Waals surface area contributed by atoms with Crippen LogP contribution in [-0.4, -0.2) is 28.5 Å². The van der Waals surface area contributed by atoms with Crippen molar-refractivity contribution in [1.29, 1.82) is 0 Å². The SMILES string of the molecule is CNC(=O)c1ccc(NC(=O)NCc2nccn2CC(C)C)c(C)c1. The van der Waals surface area contributed by atoms with E-state index in [1.165, 1.54) is 0 Å². The second kappa shape index (κ2) is 8.32.